The summed E-state index contributed by atoms with van der Waals surface area (Å²) in [6.45, 7) is 1.09. The van der Waals surface area contributed by atoms with E-state index in [2.05, 4.69) is 39.1 Å². The molecule has 1 aliphatic rings. The van der Waals surface area contributed by atoms with Crippen molar-refractivity contribution in [2.24, 2.45) is 0 Å². The highest BCUT2D eigenvalue weighted by Gasteiger charge is 2.43. The van der Waals surface area contributed by atoms with Crippen LogP contribution in [0.5, 0.6) is 5.75 Å². The molecule has 1 fully saturated rings. The van der Waals surface area contributed by atoms with E-state index >= 15 is 0 Å². The molecule has 1 aliphatic heterocycles. The van der Waals surface area contributed by atoms with Crippen LogP contribution in [0.25, 0.3) is 37.8 Å². The second-order valence-corrected chi connectivity index (χ2v) is 20.7. The van der Waals surface area contributed by atoms with Gasteiger partial charge in [0.15, 0.2) is 0 Å². The number of ether oxygens (including phenoxy) is 2. The minimum atomic E-state index is -5.77. The maximum atomic E-state index is 12.7. The molecule has 0 radical (unpaired) electrons. The second-order valence-electron chi connectivity index (χ2n) is 15.3. The van der Waals surface area contributed by atoms with Crippen LogP contribution in [-0.4, -0.2) is 103 Å². The number of H-pyrrole nitrogens is 1. The number of carbonyl (C=O) groups is 2. The maximum absolute atomic E-state index is 12.7. The van der Waals surface area contributed by atoms with E-state index in [9.17, 15) is 52.6 Å². The number of carbonyl (C=O) groups excluding carboxylic acids is 2. The summed E-state index contributed by atoms with van der Waals surface area (Å²) in [5.41, 5.74) is -0.550. The Morgan fingerprint density at radius 2 is 1.68 bits per heavy atom. The Morgan fingerprint density at radius 3 is 2.46 bits per heavy atom. The summed E-state index contributed by atoms with van der Waals surface area (Å²) in [7, 11) is -16.9. The molecule has 0 saturated carbocycles. The highest BCUT2D eigenvalue weighted by molar-refractivity contribution is 7.66. The lowest BCUT2D eigenvalue weighted by Crippen LogP contribution is -2.33. The van der Waals surface area contributed by atoms with E-state index in [0.29, 0.717) is 85.6 Å². The smallest absolute Gasteiger partial charge is 0.490 e. The number of hydrogen-bond donors (Lipinski definition) is 9. The van der Waals surface area contributed by atoms with Crippen molar-refractivity contribution in [3.63, 3.8) is 0 Å². The molecule has 2 unspecified atom stereocenters. The Bertz CT molecular complexity index is 2940. The summed E-state index contributed by atoms with van der Waals surface area (Å²) in [6.07, 6.45) is 2.67. The number of thiazole rings is 1. The van der Waals surface area contributed by atoms with Crippen molar-refractivity contribution in [3.05, 3.63) is 97.6 Å². The number of amides is 2. The van der Waals surface area contributed by atoms with Gasteiger partial charge in [-0.05, 0) is 62.2 Å². The Hall–Kier alpha value is -5.01. The Kier molecular flexibility index (Phi) is 18.7. The largest absolute Gasteiger partial charge is 0.492 e. The normalized spacial score (nSPS) is 18.1. The molecular weight excluding hydrogens is 993 g/mol. The Morgan fingerprint density at radius 1 is 0.913 bits per heavy atom. The van der Waals surface area contributed by atoms with Crippen molar-refractivity contribution in [2.45, 2.75) is 63.4 Å². The van der Waals surface area contributed by atoms with Crippen LogP contribution in [0, 0.1) is 0 Å². The van der Waals surface area contributed by atoms with Gasteiger partial charge in [0, 0.05) is 50.5 Å². The summed E-state index contributed by atoms with van der Waals surface area (Å²) in [6, 6.07) is 14.7. The number of fused-ring (bicyclic) bond motifs is 2. The van der Waals surface area contributed by atoms with E-state index < -0.39 is 65.4 Å². The number of phosphoric ester groups is 1. The molecule has 6 rings (SSSR count). The van der Waals surface area contributed by atoms with Gasteiger partial charge < -0.3 is 54.5 Å². The van der Waals surface area contributed by atoms with Crippen LogP contribution in [0.4, 0.5) is 0 Å². The summed E-state index contributed by atoms with van der Waals surface area (Å²) in [4.78, 5) is 105. The van der Waals surface area contributed by atoms with Crippen LogP contribution in [0.3, 0.4) is 0 Å². The summed E-state index contributed by atoms with van der Waals surface area (Å²) in [5.74, 6) is 0.289. The standard InChI is InChI=1S/C40H49N6O19P3S/c47-30-22-36(62-32(30)24-61-67(56,57)65-68(58,59)64-66(53,54)55)46-23-25(37(50)45-40(46)52)8-6-17-43-34(48)11-2-1-5-16-42-35(49)12-7-15-41-18-19-60-27-13-14-31-26(20-27)21-28(39(51)63-31)38-44-29-9-3-4-10-33(29)69-38/h3-4,6,8-10,13-14,20-21,23,30,32,36,41,47H,1-2,5,7,11-12,15-19,22,24H2,(H,42,49)(H,43,48)(H,56,57)(H,58,59)(H,45,50,52)(H2,53,54,55)/b8-6+/t30-,32+,36+/m0/s1. The molecule has 0 aliphatic carbocycles. The minimum absolute atomic E-state index is 0.0314. The molecule has 0 spiro atoms. The fourth-order valence-corrected chi connectivity index (χ4v) is 10.8. The lowest BCUT2D eigenvalue weighted by atomic mass is 10.2. The number of unbranched alkanes of at least 4 members (excludes halogenated alkanes) is 2. The summed E-state index contributed by atoms with van der Waals surface area (Å²) >= 11 is 1.42. The highest BCUT2D eigenvalue weighted by Crippen LogP contribution is 2.66. The van der Waals surface area contributed by atoms with Gasteiger partial charge in [0.05, 0.1) is 34.1 Å². The third-order valence-corrected chi connectivity index (χ3v) is 14.9. The summed E-state index contributed by atoms with van der Waals surface area (Å²) in [5, 5.41) is 20.5. The molecule has 3 aromatic heterocycles. The average molecular weight is 1040 g/mol. The van der Waals surface area contributed by atoms with Crippen LogP contribution >= 0.6 is 34.8 Å². The number of aliphatic hydroxyl groups excluding tert-OH is 1. The third kappa shape index (κ3) is 16.5. The number of rotatable bonds is 26. The summed E-state index contributed by atoms with van der Waals surface area (Å²) < 4.78 is 65.0. The van der Waals surface area contributed by atoms with Gasteiger partial charge in [0.2, 0.25) is 11.8 Å². The van der Waals surface area contributed by atoms with Crippen molar-refractivity contribution in [1.29, 1.82) is 0 Å². The average Bonchev–Trinajstić information content (AvgIpc) is 3.87. The first-order valence-electron chi connectivity index (χ1n) is 21.2. The molecule has 374 valence electrons. The van der Waals surface area contributed by atoms with E-state index in [1.165, 1.54) is 23.5 Å². The molecule has 25 nitrogen and oxygen atoms in total. The fourth-order valence-electron chi connectivity index (χ4n) is 6.76. The molecule has 5 atom stereocenters. The van der Waals surface area contributed by atoms with Gasteiger partial charge in [0.1, 0.15) is 35.3 Å². The number of para-hydroxylation sites is 1. The molecule has 69 heavy (non-hydrogen) atoms. The van der Waals surface area contributed by atoms with Crippen molar-refractivity contribution < 1.29 is 75.0 Å². The van der Waals surface area contributed by atoms with Crippen LogP contribution in [0.1, 0.15) is 56.7 Å². The number of phosphoric acid groups is 3. The van der Waals surface area contributed by atoms with Gasteiger partial charge in [-0.25, -0.2) is 28.3 Å². The SMILES string of the molecule is O=C(CCCCCNC(=O)CCCNCCOc1ccc2oc(=O)c(-c3nc4ccccc4s3)cc2c1)NC/C=C/c1cn([C@H]2C[C@H](O)[C@@H](COP(=O)(O)OP(=O)(O)OP(=O)(O)O)O2)c(=O)[nH]c1=O. The Labute approximate surface area is 394 Å². The van der Waals surface area contributed by atoms with Gasteiger partial charge in [-0.15, -0.1) is 11.3 Å². The van der Waals surface area contributed by atoms with Crippen LogP contribution in [-0.2, 0) is 41.2 Å². The van der Waals surface area contributed by atoms with Crippen molar-refractivity contribution in [2.75, 3.05) is 39.4 Å². The molecule has 4 heterocycles. The minimum Gasteiger partial charge on any atom is -0.492 e. The van der Waals surface area contributed by atoms with E-state index in [4.69, 9.17) is 23.7 Å². The first-order valence-corrected chi connectivity index (χ1v) is 26.5. The van der Waals surface area contributed by atoms with Crippen LogP contribution < -0.4 is 37.6 Å². The number of nitrogens with one attached hydrogen (secondary N) is 4. The quantitative estimate of drug-likeness (QED) is 0.0218. The molecule has 5 aromatic rings. The fraction of sp³-hybridized carbons (Fsp3) is 0.400. The second kappa shape index (κ2) is 24.2. The molecule has 2 amide bonds. The number of aliphatic hydroxyl groups is 1. The number of aromatic amines is 1. The van der Waals surface area contributed by atoms with E-state index in [1.807, 2.05) is 30.3 Å². The first kappa shape index (κ1) is 53.3. The van der Waals surface area contributed by atoms with Gasteiger partial charge >= 0.3 is 34.8 Å². The van der Waals surface area contributed by atoms with E-state index in [1.54, 1.807) is 18.2 Å². The molecular formula is C40H49N6O19P3S. The number of hydrogen-bond acceptors (Lipinski definition) is 18. The van der Waals surface area contributed by atoms with Gasteiger partial charge in [-0.1, -0.05) is 30.7 Å². The van der Waals surface area contributed by atoms with E-state index in [-0.39, 0.29) is 36.8 Å². The topological polar surface area (TPSA) is 367 Å². The Balaban J connectivity index is 0.803. The zero-order valence-electron chi connectivity index (χ0n) is 36.4. The van der Waals surface area contributed by atoms with E-state index in [0.717, 1.165) is 21.0 Å². The number of aromatic nitrogens is 3. The zero-order chi connectivity index (χ0) is 49.8. The third-order valence-electron chi connectivity index (χ3n) is 9.98. The molecule has 2 aromatic carbocycles. The highest BCUT2D eigenvalue weighted by atomic mass is 32.1. The molecule has 1 saturated heterocycles. The van der Waals surface area contributed by atoms with Crippen LogP contribution in [0.15, 0.2) is 79.6 Å². The molecule has 29 heteroatoms. The van der Waals surface area contributed by atoms with Gasteiger partial charge in [-0.2, -0.15) is 8.62 Å². The first-order chi connectivity index (χ1) is 32.7. The van der Waals surface area contributed by atoms with Crippen molar-refractivity contribution >= 4 is 73.9 Å². The monoisotopic (exact) mass is 1040 g/mol. The maximum Gasteiger partial charge on any atom is 0.490 e. The lowest BCUT2D eigenvalue weighted by molar-refractivity contribution is -0.122. The van der Waals surface area contributed by atoms with Gasteiger partial charge in [0.25, 0.3) is 5.56 Å². The van der Waals surface area contributed by atoms with Crippen LogP contribution in [0.2, 0.25) is 0 Å². The number of nitrogens with zero attached hydrogens (tertiary/aromatic N) is 2. The molecule has 0 bridgehead atoms. The number of benzene rings is 2. The zero-order valence-corrected chi connectivity index (χ0v) is 39.9. The van der Waals surface area contributed by atoms with Crippen molar-refractivity contribution in [1.82, 2.24) is 30.5 Å². The lowest BCUT2D eigenvalue weighted by Gasteiger charge is -2.19. The van der Waals surface area contributed by atoms with Crippen molar-refractivity contribution in [3.8, 4) is 16.3 Å². The van der Waals surface area contributed by atoms with Gasteiger partial charge in [-0.3, -0.25) is 28.5 Å². The predicted octanol–water partition coefficient (Wildman–Crippen LogP) is 3.17. The molecule has 9 N–H and O–H groups in total. The predicted molar refractivity (Wildman–Crippen MR) is 248 cm³/mol.